The second-order valence-corrected chi connectivity index (χ2v) is 5.24. The van der Waals surface area contributed by atoms with Gasteiger partial charge in [0.1, 0.15) is 0 Å². The third kappa shape index (κ3) is 1.76. The van der Waals surface area contributed by atoms with E-state index in [1.165, 1.54) is 11.0 Å². The van der Waals surface area contributed by atoms with E-state index >= 15 is 0 Å². The zero-order valence-electron chi connectivity index (χ0n) is 11.1. The molecule has 2 aliphatic rings. The molecule has 1 aromatic rings. The van der Waals surface area contributed by atoms with Crippen LogP contribution in [0.1, 0.15) is 12.5 Å². The van der Waals surface area contributed by atoms with Crippen molar-refractivity contribution < 1.29 is 14.4 Å². The lowest BCUT2D eigenvalue weighted by molar-refractivity contribution is -0.133. The van der Waals surface area contributed by atoms with Crippen LogP contribution in [0.5, 0.6) is 0 Å². The van der Waals surface area contributed by atoms with Crippen LogP contribution in [0.2, 0.25) is 5.02 Å². The van der Waals surface area contributed by atoms with Gasteiger partial charge in [-0.25, -0.2) is 4.79 Å². The number of carbonyl (C=O) groups excluding carboxylic acids is 3. The summed E-state index contributed by atoms with van der Waals surface area (Å²) in [4.78, 5) is 37.9. The Morgan fingerprint density at radius 2 is 2.10 bits per heavy atom. The summed E-state index contributed by atoms with van der Waals surface area (Å²) in [7, 11) is 0. The molecule has 108 valence electrons. The van der Waals surface area contributed by atoms with Crippen LogP contribution in [0.4, 0.5) is 10.5 Å². The number of nitrogens with zero attached hydrogens (tertiary/aromatic N) is 1. The number of fused-ring (bicyclic) bond motifs is 2. The molecule has 2 aliphatic heterocycles. The van der Waals surface area contributed by atoms with Crippen LogP contribution in [0.25, 0.3) is 0 Å². The third-order valence-corrected chi connectivity index (χ3v) is 3.85. The lowest BCUT2D eigenvalue weighted by Crippen LogP contribution is -2.52. The molecule has 6 nitrogen and oxygen atoms in total. The quantitative estimate of drug-likeness (QED) is 0.491. The number of amides is 4. The highest BCUT2D eigenvalue weighted by Gasteiger charge is 2.61. The minimum atomic E-state index is -1.71. The number of anilines is 1. The van der Waals surface area contributed by atoms with Crippen molar-refractivity contribution in [2.24, 2.45) is 0 Å². The molecule has 1 saturated heterocycles. The number of nitrogens with one attached hydrogen (secondary N) is 2. The fourth-order valence-corrected chi connectivity index (χ4v) is 2.83. The first-order valence-electron chi connectivity index (χ1n) is 6.37. The van der Waals surface area contributed by atoms with Gasteiger partial charge in [0.15, 0.2) is 0 Å². The number of allylic oxidation sites excluding steroid dienone is 1. The fourth-order valence-electron chi connectivity index (χ4n) is 2.66. The van der Waals surface area contributed by atoms with E-state index in [-0.39, 0.29) is 0 Å². The second-order valence-electron chi connectivity index (χ2n) is 4.80. The van der Waals surface area contributed by atoms with Crippen LogP contribution in [0, 0.1) is 0 Å². The summed E-state index contributed by atoms with van der Waals surface area (Å²) in [5.74, 6) is -1.16. The van der Waals surface area contributed by atoms with Crippen molar-refractivity contribution >= 4 is 35.1 Å². The van der Waals surface area contributed by atoms with Gasteiger partial charge in [-0.05, 0) is 25.1 Å². The fraction of sp³-hybridized carbons (Fsp3) is 0.214. The number of halogens is 1. The first kappa shape index (κ1) is 13.6. The lowest BCUT2D eigenvalue weighted by Gasteiger charge is -2.20. The Morgan fingerprint density at radius 1 is 1.33 bits per heavy atom. The Hall–Kier alpha value is -2.34. The van der Waals surface area contributed by atoms with Crippen LogP contribution in [-0.4, -0.2) is 24.4 Å². The highest BCUT2D eigenvalue weighted by molar-refractivity contribution is 6.32. The molecule has 1 atom stereocenters. The molecule has 21 heavy (non-hydrogen) atoms. The Bertz CT molecular complexity index is 701. The van der Waals surface area contributed by atoms with E-state index in [9.17, 15) is 14.4 Å². The van der Waals surface area contributed by atoms with Gasteiger partial charge in [0, 0.05) is 17.1 Å². The molecule has 0 aliphatic carbocycles. The number of hydrogen-bond acceptors (Lipinski definition) is 3. The first-order chi connectivity index (χ1) is 10.0. The zero-order valence-corrected chi connectivity index (χ0v) is 11.9. The van der Waals surface area contributed by atoms with Gasteiger partial charge in [0.05, 0.1) is 5.69 Å². The second kappa shape index (κ2) is 4.60. The molecule has 0 aromatic heterocycles. The van der Waals surface area contributed by atoms with Gasteiger partial charge in [-0.3, -0.25) is 14.9 Å². The SMILES string of the molecule is CC=CCN1C(=O)C2(NC(=O)NC2=O)c2cc(Cl)ccc21. The van der Waals surface area contributed by atoms with E-state index in [4.69, 9.17) is 11.6 Å². The summed E-state index contributed by atoms with van der Waals surface area (Å²) in [5, 5.41) is 4.96. The first-order valence-corrected chi connectivity index (χ1v) is 6.75. The standard InChI is InChI=1S/C14H12ClN3O3/c1-2-3-6-18-10-5-4-8(15)7-9(10)14(12(18)20)11(19)16-13(21)17-14/h2-5,7H,6H2,1H3,(H2,16,17,19,21). The maximum Gasteiger partial charge on any atom is 0.323 e. The topological polar surface area (TPSA) is 78.5 Å². The number of benzene rings is 1. The van der Waals surface area contributed by atoms with Crippen LogP contribution in [0.3, 0.4) is 0 Å². The van der Waals surface area contributed by atoms with E-state index in [0.717, 1.165) is 0 Å². The molecule has 1 aromatic carbocycles. The zero-order chi connectivity index (χ0) is 15.2. The molecule has 4 amide bonds. The van der Waals surface area contributed by atoms with E-state index in [1.54, 1.807) is 24.3 Å². The van der Waals surface area contributed by atoms with Crippen LogP contribution < -0.4 is 15.5 Å². The molecule has 1 fully saturated rings. The van der Waals surface area contributed by atoms with Crippen molar-refractivity contribution in [3.05, 3.63) is 40.9 Å². The third-order valence-electron chi connectivity index (χ3n) is 3.61. The van der Waals surface area contributed by atoms with Crippen LogP contribution >= 0.6 is 11.6 Å². The van der Waals surface area contributed by atoms with E-state index in [2.05, 4.69) is 10.6 Å². The summed E-state index contributed by atoms with van der Waals surface area (Å²) in [6, 6.07) is 4.16. The van der Waals surface area contributed by atoms with Gasteiger partial charge in [-0.1, -0.05) is 23.8 Å². The Kier molecular flexibility index (Phi) is 2.98. The van der Waals surface area contributed by atoms with E-state index < -0.39 is 23.4 Å². The Balaban J connectivity index is 2.20. The molecule has 3 rings (SSSR count). The minimum Gasteiger partial charge on any atom is -0.312 e. The van der Waals surface area contributed by atoms with Crippen molar-refractivity contribution in [3.8, 4) is 0 Å². The molecule has 1 unspecified atom stereocenters. The van der Waals surface area contributed by atoms with Gasteiger partial charge in [0.2, 0.25) is 5.54 Å². The van der Waals surface area contributed by atoms with E-state index in [1.807, 2.05) is 6.92 Å². The van der Waals surface area contributed by atoms with Crippen LogP contribution in [0.15, 0.2) is 30.4 Å². The Morgan fingerprint density at radius 3 is 2.71 bits per heavy atom. The van der Waals surface area contributed by atoms with Crippen LogP contribution in [-0.2, 0) is 15.1 Å². The lowest BCUT2D eigenvalue weighted by atomic mass is 9.91. The predicted octanol–water partition coefficient (Wildman–Crippen LogP) is 1.30. The van der Waals surface area contributed by atoms with E-state index in [0.29, 0.717) is 22.8 Å². The number of carbonyl (C=O) groups is 3. The Labute approximate surface area is 125 Å². The number of urea groups is 1. The van der Waals surface area contributed by atoms with Gasteiger partial charge in [-0.2, -0.15) is 0 Å². The van der Waals surface area contributed by atoms with Gasteiger partial charge >= 0.3 is 6.03 Å². The number of hydrogen-bond donors (Lipinski definition) is 2. The average molecular weight is 306 g/mol. The minimum absolute atomic E-state index is 0.314. The molecule has 1 spiro atoms. The van der Waals surface area contributed by atoms with Crippen molar-refractivity contribution in [1.29, 1.82) is 0 Å². The summed E-state index contributed by atoms with van der Waals surface area (Å²) >= 11 is 5.98. The number of rotatable bonds is 2. The highest BCUT2D eigenvalue weighted by Crippen LogP contribution is 2.43. The van der Waals surface area contributed by atoms with Crippen molar-refractivity contribution in [1.82, 2.24) is 10.6 Å². The molecule has 2 heterocycles. The maximum atomic E-state index is 12.7. The molecule has 2 N–H and O–H groups in total. The van der Waals surface area contributed by atoms with Crippen molar-refractivity contribution in [2.45, 2.75) is 12.5 Å². The van der Waals surface area contributed by atoms with Crippen molar-refractivity contribution in [2.75, 3.05) is 11.4 Å². The van der Waals surface area contributed by atoms with Gasteiger partial charge in [0.25, 0.3) is 11.8 Å². The molecule has 7 heteroatoms. The molecular weight excluding hydrogens is 294 g/mol. The molecule has 0 saturated carbocycles. The predicted molar refractivity (Wildman–Crippen MR) is 77.0 cm³/mol. The molecular formula is C14H12ClN3O3. The highest BCUT2D eigenvalue weighted by atomic mass is 35.5. The largest absolute Gasteiger partial charge is 0.323 e. The van der Waals surface area contributed by atoms with Gasteiger partial charge in [-0.15, -0.1) is 0 Å². The molecule has 0 bridgehead atoms. The summed E-state index contributed by atoms with van der Waals surface area (Å²) in [5.41, 5.74) is -0.744. The van der Waals surface area contributed by atoms with Gasteiger partial charge < -0.3 is 10.2 Å². The summed E-state index contributed by atoms with van der Waals surface area (Å²) < 4.78 is 0. The van der Waals surface area contributed by atoms with Crippen molar-refractivity contribution in [3.63, 3.8) is 0 Å². The number of imide groups is 1. The normalized spacial score (nSPS) is 23.9. The smallest absolute Gasteiger partial charge is 0.312 e. The summed E-state index contributed by atoms with van der Waals surface area (Å²) in [6.45, 7) is 2.15. The maximum absolute atomic E-state index is 12.7. The molecule has 0 radical (unpaired) electrons. The summed E-state index contributed by atoms with van der Waals surface area (Å²) in [6.07, 6.45) is 3.60. The average Bonchev–Trinajstić information content (AvgIpc) is 2.86. The monoisotopic (exact) mass is 305 g/mol.